The van der Waals surface area contributed by atoms with Gasteiger partial charge in [-0.15, -0.1) is 0 Å². The van der Waals surface area contributed by atoms with Gasteiger partial charge in [-0.05, 0) is 19.9 Å². The summed E-state index contributed by atoms with van der Waals surface area (Å²) in [5.41, 5.74) is 3.21. The quantitative estimate of drug-likeness (QED) is 0.801. The van der Waals surface area contributed by atoms with Crippen LogP contribution in [0.1, 0.15) is 24.2 Å². The van der Waals surface area contributed by atoms with Crippen molar-refractivity contribution in [3.63, 3.8) is 0 Å². The van der Waals surface area contributed by atoms with E-state index in [1.54, 1.807) is 6.20 Å². The highest BCUT2D eigenvalue weighted by molar-refractivity contribution is 5.56. The third kappa shape index (κ3) is 2.98. The average Bonchev–Trinajstić information content (AvgIpc) is 2.87. The number of anilines is 1. The second-order valence-electron chi connectivity index (χ2n) is 5.34. The Morgan fingerprint density at radius 1 is 1.14 bits per heavy atom. The molecule has 3 rings (SSSR count). The van der Waals surface area contributed by atoms with Crippen LogP contribution in [0.4, 0.5) is 5.82 Å². The number of benzene rings is 1. The lowest BCUT2D eigenvalue weighted by Gasteiger charge is -2.14. The minimum absolute atomic E-state index is 0.132. The fourth-order valence-corrected chi connectivity index (χ4v) is 2.51. The van der Waals surface area contributed by atoms with Gasteiger partial charge in [0.25, 0.3) is 0 Å². The molecule has 0 amide bonds. The summed E-state index contributed by atoms with van der Waals surface area (Å²) < 4.78 is 1.83. The van der Waals surface area contributed by atoms with Crippen molar-refractivity contribution in [2.24, 2.45) is 7.05 Å². The van der Waals surface area contributed by atoms with Crippen molar-refractivity contribution >= 4 is 5.82 Å². The van der Waals surface area contributed by atoms with Crippen LogP contribution in [-0.2, 0) is 7.05 Å². The van der Waals surface area contributed by atoms with Crippen LogP contribution in [0.3, 0.4) is 0 Å². The molecule has 2 aromatic heterocycles. The van der Waals surface area contributed by atoms with Crippen LogP contribution in [0.2, 0.25) is 0 Å². The van der Waals surface area contributed by atoms with Crippen LogP contribution in [0, 0.1) is 6.92 Å². The predicted octanol–water partition coefficient (Wildman–Crippen LogP) is 3.36. The summed E-state index contributed by atoms with van der Waals surface area (Å²) >= 11 is 0. The molecule has 1 aromatic carbocycles. The number of nitrogens with zero attached hydrogens (tertiary/aromatic N) is 4. The van der Waals surface area contributed by atoms with Gasteiger partial charge in [0.2, 0.25) is 0 Å². The average molecular weight is 293 g/mol. The van der Waals surface area contributed by atoms with Crippen molar-refractivity contribution in [1.82, 2.24) is 19.7 Å². The second-order valence-corrected chi connectivity index (χ2v) is 5.34. The van der Waals surface area contributed by atoms with E-state index in [2.05, 4.69) is 27.3 Å². The van der Waals surface area contributed by atoms with Crippen LogP contribution in [0.15, 0.2) is 48.8 Å². The van der Waals surface area contributed by atoms with Gasteiger partial charge in [-0.1, -0.05) is 30.3 Å². The van der Waals surface area contributed by atoms with E-state index in [0.29, 0.717) is 0 Å². The van der Waals surface area contributed by atoms with Gasteiger partial charge in [-0.2, -0.15) is 5.10 Å². The first-order valence-corrected chi connectivity index (χ1v) is 7.28. The van der Waals surface area contributed by atoms with Crippen molar-refractivity contribution in [2.45, 2.75) is 19.9 Å². The van der Waals surface area contributed by atoms with Crippen LogP contribution >= 0.6 is 0 Å². The van der Waals surface area contributed by atoms with Crippen molar-refractivity contribution in [3.05, 3.63) is 60.0 Å². The maximum atomic E-state index is 4.60. The molecule has 0 aliphatic carbocycles. The van der Waals surface area contributed by atoms with Crippen LogP contribution in [0.5, 0.6) is 0 Å². The smallest absolute Gasteiger partial charge is 0.161 e. The Morgan fingerprint density at radius 3 is 2.59 bits per heavy atom. The molecule has 1 unspecified atom stereocenters. The Labute approximate surface area is 130 Å². The van der Waals surface area contributed by atoms with E-state index in [1.807, 2.05) is 61.2 Å². The molecule has 112 valence electrons. The first-order chi connectivity index (χ1) is 10.6. The predicted molar refractivity (Wildman–Crippen MR) is 87.5 cm³/mol. The lowest BCUT2D eigenvalue weighted by molar-refractivity contribution is 0.756. The number of aromatic nitrogens is 4. The molecular weight excluding hydrogens is 274 g/mol. The zero-order chi connectivity index (χ0) is 15.5. The molecule has 5 nitrogen and oxygen atoms in total. The standard InChI is InChI=1S/C17H19N5/c1-12(15-11-22(3)21-13(15)2)19-16-9-10-18-17(20-16)14-7-5-4-6-8-14/h4-12H,1-3H3,(H,18,19,20). The van der Waals surface area contributed by atoms with Crippen molar-refractivity contribution < 1.29 is 0 Å². The van der Waals surface area contributed by atoms with E-state index < -0.39 is 0 Å². The summed E-state index contributed by atoms with van der Waals surface area (Å²) in [7, 11) is 1.93. The van der Waals surface area contributed by atoms with Gasteiger partial charge in [0.05, 0.1) is 11.7 Å². The van der Waals surface area contributed by atoms with Gasteiger partial charge in [0, 0.05) is 30.6 Å². The lowest BCUT2D eigenvalue weighted by atomic mass is 10.1. The minimum Gasteiger partial charge on any atom is -0.363 e. The van der Waals surface area contributed by atoms with E-state index in [0.717, 1.165) is 22.9 Å². The first-order valence-electron chi connectivity index (χ1n) is 7.28. The first kappa shape index (κ1) is 14.3. The summed E-state index contributed by atoms with van der Waals surface area (Å²) in [5, 5.41) is 7.80. The Bertz CT molecular complexity index is 764. The number of rotatable bonds is 4. The molecule has 0 aliphatic rings. The zero-order valence-corrected chi connectivity index (χ0v) is 13.0. The molecular formula is C17H19N5. The van der Waals surface area contributed by atoms with E-state index in [-0.39, 0.29) is 6.04 Å². The Morgan fingerprint density at radius 2 is 1.91 bits per heavy atom. The second kappa shape index (κ2) is 5.97. The fraction of sp³-hybridized carbons (Fsp3) is 0.235. The molecule has 0 aliphatic heterocycles. The van der Waals surface area contributed by atoms with Crippen LogP contribution in [0.25, 0.3) is 11.4 Å². The van der Waals surface area contributed by atoms with Crippen molar-refractivity contribution in [1.29, 1.82) is 0 Å². The molecule has 0 spiro atoms. The highest BCUT2D eigenvalue weighted by Gasteiger charge is 2.12. The van der Waals surface area contributed by atoms with Gasteiger partial charge in [0.15, 0.2) is 5.82 Å². The van der Waals surface area contributed by atoms with E-state index in [4.69, 9.17) is 0 Å². The summed E-state index contributed by atoms with van der Waals surface area (Å²) in [6.07, 6.45) is 3.81. The molecule has 0 fully saturated rings. The highest BCUT2D eigenvalue weighted by atomic mass is 15.3. The molecule has 0 saturated carbocycles. The van der Waals surface area contributed by atoms with Crippen LogP contribution < -0.4 is 5.32 Å². The van der Waals surface area contributed by atoms with Gasteiger partial charge >= 0.3 is 0 Å². The number of nitrogens with one attached hydrogen (secondary N) is 1. The Hall–Kier alpha value is -2.69. The highest BCUT2D eigenvalue weighted by Crippen LogP contribution is 2.21. The minimum atomic E-state index is 0.132. The summed E-state index contributed by atoms with van der Waals surface area (Å²) in [4.78, 5) is 8.94. The molecule has 3 aromatic rings. The molecule has 1 N–H and O–H groups in total. The molecule has 0 radical (unpaired) electrons. The number of hydrogen-bond donors (Lipinski definition) is 1. The van der Waals surface area contributed by atoms with E-state index in [1.165, 1.54) is 5.56 Å². The summed E-state index contributed by atoms with van der Waals surface area (Å²) in [6.45, 7) is 4.12. The molecule has 2 heterocycles. The zero-order valence-electron chi connectivity index (χ0n) is 13.0. The third-order valence-electron chi connectivity index (χ3n) is 3.57. The van der Waals surface area contributed by atoms with Crippen molar-refractivity contribution in [3.8, 4) is 11.4 Å². The fourth-order valence-electron chi connectivity index (χ4n) is 2.51. The number of aryl methyl sites for hydroxylation is 2. The molecule has 5 heteroatoms. The van der Waals surface area contributed by atoms with Crippen molar-refractivity contribution in [2.75, 3.05) is 5.32 Å². The van der Waals surface area contributed by atoms with Crippen LogP contribution in [-0.4, -0.2) is 19.7 Å². The normalized spacial score (nSPS) is 12.1. The largest absolute Gasteiger partial charge is 0.363 e. The maximum Gasteiger partial charge on any atom is 0.161 e. The third-order valence-corrected chi connectivity index (χ3v) is 3.57. The van der Waals surface area contributed by atoms with E-state index in [9.17, 15) is 0 Å². The lowest BCUT2D eigenvalue weighted by Crippen LogP contribution is -2.09. The SMILES string of the molecule is Cc1nn(C)cc1C(C)Nc1ccnc(-c2ccccc2)n1. The Kier molecular flexibility index (Phi) is 3.87. The molecule has 1 atom stereocenters. The maximum absolute atomic E-state index is 4.60. The molecule has 0 saturated heterocycles. The van der Waals surface area contributed by atoms with Gasteiger partial charge < -0.3 is 5.32 Å². The monoisotopic (exact) mass is 293 g/mol. The van der Waals surface area contributed by atoms with Gasteiger partial charge in [0.1, 0.15) is 5.82 Å². The molecule has 0 bridgehead atoms. The summed E-state index contributed by atoms with van der Waals surface area (Å²) in [6, 6.07) is 12.0. The summed E-state index contributed by atoms with van der Waals surface area (Å²) in [5.74, 6) is 1.53. The Balaban J connectivity index is 1.83. The van der Waals surface area contributed by atoms with Gasteiger partial charge in [-0.3, -0.25) is 4.68 Å². The van der Waals surface area contributed by atoms with E-state index >= 15 is 0 Å². The molecule has 22 heavy (non-hydrogen) atoms. The van der Waals surface area contributed by atoms with Gasteiger partial charge in [-0.25, -0.2) is 9.97 Å². The number of hydrogen-bond acceptors (Lipinski definition) is 4. The topological polar surface area (TPSA) is 55.6 Å².